The lowest BCUT2D eigenvalue weighted by Gasteiger charge is -2.26. The molecule has 0 spiro atoms. The summed E-state index contributed by atoms with van der Waals surface area (Å²) in [5.74, 6) is -0.715. The summed E-state index contributed by atoms with van der Waals surface area (Å²) >= 11 is 0. The lowest BCUT2D eigenvalue weighted by atomic mass is 9.94. The van der Waals surface area contributed by atoms with Gasteiger partial charge >= 0.3 is 0 Å². The molecule has 1 rings (SSSR count). The predicted octanol–water partition coefficient (Wildman–Crippen LogP) is 2.26. The third kappa shape index (κ3) is 5.75. The van der Waals surface area contributed by atoms with Crippen molar-refractivity contribution < 1.29 is 13.9 Å². The second-order valence-corrected chi connectivity index (χ2v) is 4.57. The van der Waals surface area contributed by atoms with Crippen molar-refractivity contribution in [3.05, 3.63) is 30.1 Å². The van der Waals surface area contributed by atoms with Crippen LogP contribution in [0.25, 0.3) is 0 Å². The van der Waals surface area contributed by atoms with Gasteiger partial charge in [-0.2, -0.15) is 0 Å². The number of ether oxygens (including phenoxy) is 1. The normalized spacial score (nSPS) is 10.6. The van der Waals surface area contributed by atoms with Crippen LogP contribution < -0.4 is 15.8 Å². The minimum Gasteiger partial charge on any atom is -0.481 e. The zero-order valence-corrected chi connectivity index (χ0v) is 12.6. The number of amides is 1. The second kappa shape index (κ2) is 8.76. The Morgan fingerprint density at radius 2 is 1.95 bits per heavy atom. The lowest BCUT2D eigenvalue weighted by Crippen LogP contribution is -2.50. The van der Waals surface area contributed by atoms with E-state index in [-0.39, 0.29) is 30.7 Å². The zero-order valence-electron chi connectivity index (χ0n) is 11.8. The molecule has 20 heavy (non-hydrogen) atoms. The fraction of sp³-hybridized carbons (Fsp3) is 0.500. The highest BCUT2D eigenvalue weighted by molar-refractivity contribution is 5.85. The monoisotopic (exact) mass is 304 g/mol. The van der Waals surface area contributed by atoms with Gasteiger partial charge in [0.15, 0.2) is 18.2 Å². The molecule has 0 aliphatic rings. The van der Waals surface area contributed by atoms with Crippen molar-refractivity contribution in [2.45, 2.75) is 32.2 Å². The van der Waals surface area contributed by atoms with E-state index in [4.69, 9.17) is 10.5 Å². The fourth-order valence-corrected chi connectivity index (χ4v) is 1.53. The first-order valence-corrected chi connectivity index (χ1v) is 6.43. The van der Waals surface area contributed by atoms with Crippen molar-refractivity contribution >= 4 is 18.3 Å². The topological polar surface area (TPSA) is 64.3 Å². The molecule has 0 aliphatic carbocycles. The molecule has 0 aliphatic heterocycles. The molecular weight excluding hydrogens is 283 g/mol. The Morgan fingerprint density at radius 1 is 1.35 bits per heavy atom. The van der Waals surface area contributed by atoms with Crippen LogP contribution >= 0.6 is 12.4 Å². The van der Waals surface area contributed by atoms with Gasteiger partial charge in [-0.05, 0) is 25.0 Å². The summed E-state index contributed by atoms with van der Waals surface area (Å²) in [6.45, 7) is 4.13. The van der Waals surface area contributed by atoms with Crippen molar-refractivity contribution in [3.8, 4) is 5.75 Å². The fourth-order valence-electron chi connectivity index (χ4n) is 1.53. The Kier molecular flexibility index (Phi) is 8.18. The van der Waals surface area contributed by atoms with Gasteiger partial charge in [0.05, 0.1) is 0 Å². The molecule has 0 fully saturated rings. The van der Waals surface area contributed by atoms with E-state index >= 15 is 0 Å². The average Bonchev–Trinajstić information content (AvgIpc) is 2.44. The number of nitrogens with one attached hydrogen (secondary N) is 1. The molecule has 0 bridgehead atoms. The van der Waals surface area contributed by atoms with Crippen molar-refractivity contribution in [2.75, 3.05) is 13.2 Å². The number of nitrogens with two attached hydrogens (primary N) is 1. The van der Waals surface area contributed by atoms with Gasteiger partial charge in [-0.3, -0.25) is 4.79 Å². The molecule has 0 atom stereocenters. The predicted molar refractivity (Wildman–Crippen MR) is 79.7 cm³/mol. The first kappa shape index (κ1) is 18.7. The van der Waals surface area contributed by atoms with Crippen LogP contribution in [0.15, 0.2) is 24.3 Å². The summed E-state index contributed by atoms with van der Waals surface area (Å²) in [4.78, 5) is 11.6. The first-order valence-electron chi connectivity index (χ1n) is 6.43. The Morgan fingerprint density at radius 3 is 2.50 bits per heavy atom. The Labute approximate surface area is 125 Å². The first-order chi connectivity index (χ1) is 9.00. The van der Waals surface area contributed by atoms with Crippen LogP contribution in [0, 0.1) is 5.82 Å². The van der Waals surface area contributed by atoms with Crippen LogP contribution in [0.4, 0.5) is 4.39 Å². The van der Waals surface area contributed by atoms with E-state index < -0.39 is 11.4 Å². The van der Waals surface area contributed by atoms with Crippen LogP contribution in [0.1, 0.15) is 26.7 Å². The van der Waals surface area contributed by atoms with Gasteiger partial charge in [-0.15, -0.1) is 12.4 Å². The number of para-hydroxylation sites is 1. The van der Waals surface area contributed by atoms with Gasteiger partial charge in [0.25, 0.3) is 5.91 Å². The maximum absolute atomic E-state index is 13.2. The lowest BCUT2D eigenvalue weighted by molar-refractivity contribution is -0.123. The number of halogens is 2. The number of carbonyl (C=O) groups is 1. The van der Waals surface area contributed by atoms with Crippen molar-refractivity contribution in [2.24, 2.45) is 5.73 Å². The van der Waals surface area contributed by atoms with Gasteiger partial charge in [0, 0.05) is 12.1 Å². The molecular formula is C14H22ClFN2O2. The van der Waals surface area contributed by atoms with Crippen LogP contribution in [0.3, 0.4) is 0 Å². The van der Waals surface area contributed by atoms with Gasteiger partial charge in [-0.25, -0.2) is 4.39 Å². The van der Waals surface area contributed by atoms with Crippen molar-refractivity contribution in [1.82, 2.24) is 5.32 Å². The van der Waals surface area contributed by atoms with E-state index in [1.54, 1.807) is 12.1 Å². The van der Waals surface area contributed by atoms with E-state index in [1.807, 2.05) is 13.8 Å². The second-order valence-electron chi connectivity index (χ2n) is 4.57. The molecule has 0 saturated heterocycles. The molecule has 6 heteroatoms. The van der Waals surface area contributed by atoms with Gasteiger partial charge in [0.2, 0.25) is 0 Å². The summed E-state index contributed by atoms with van der Waals surface area (Å²) in [5.41, 5.74) is 5.67. The minimum atomic E-state index is -0.481. The molecule has 3 N–H and O–H groups in total. The van der Waals surface area contributed by atoms with Gasteiger partial charge in [-0.1, -0.05) is 26.0 Å². The Hall–Kier alpha value is -1.33. The van der Waals surface area contributed by atoms with E-state index in [0.717, 1.165) is 12.8 Å². The third-order valence-corrected chi connectivity index (χ3v) is 3.24. The molecule has 0 unspecified atom stereocenters. The maximum Gasteiger partial charge on any atom is 0.258 e. The standard InChI is InChI=1S/C14H21FN2O2.ClH/c1-3-14(16,4-2)10-17-13(18)9-19-12-8-6-5-7-11(12)15;/h5-8H,3-4,9-10,16H2,1-2H3,(H,17,18);1H. The zero-order chi connectivity index (χ0) is 14.3. The number of benzene rings is 1. The van der Waals surface area contributed by atoms with Crippen LogP contribution in [-0.2, 0) is 4.79 Å². The van der Waals surface area contributed by atoms with Crippen LogP contribution in [-0.4, -0.2) is 24.6 Å². The quantitative estimate of drug-likeness (QED) is 0.812. The molecule has 0 radical (unpaired) electrons. The highest BCUT2D eigenvalue weighted by Gasteiger charge is 2.20. The average molecular weight is 305 g/mol. The van der Waals surface area contributed by atoms with Crippen LogP contribution in [0.5, 0.6) is 5.75 Å². The highest BCUT2D eigenvalue weighted by atomic mass is 35.5. The van der Waals surface area contributed by atoms with Crippen molar-refractivity contribution in [3.63, 3.8) is 0 Å². The Balaban J connectivity index is 0.00000361. The molecule has 1 amide bonds. The molecule has 1 aromatic carbocycles. The summed E-state index contributed by atoms with van der Waals surface area (Å²) in [7, 11) is 0. The number of rotatable bonds is 7. The van der Waals surface area contributed by atoms with E-state index in [0.29, 0.717) is 6.54 Å². The molecule has 1 aromatic rings. The summed E-state index contributed by atoms with van der Waals surface area (Å²) in [6, 6.07) is 5.98. The van der Waals surface area contributed by atoms with E-state index in [2.05, 4.69) is 5.32 Å². The summed E-state index contributed by atoms with van der Waals surface area (Å²) in [5, 5.41) is 2.70. The van der Waals surface area contributed by atoms with Crippen LogP contribution in [0.2, 0.25) is 0 Å². The summed E-state index contributed by atoms with van der Waals surface area (Å²) < 4.78 is 18.4. The Bertz CT molecular complexity index is 425. The molecule has 0 aromatic heterocycles. The highest BCUT2D eigenvalue weighted by Crippen LogP contribution is 2.15. The third-order valence-electron chi connectivity index (χ3n) is 3.24. The number of hydrogen-bond acceptors (Lipinski definition) is 3. The van der Waals surface area contributed by atoms with E-state index in [1.165, 1.54) is 12.1 Å². The molecule has 4 nitrogen and oxygen atoms in total. The molecule has 0 saturated carbocycles. The van der Waals surface area contributed by atoms with Crippen molar-refractivity contribution in [1.29, 1.82) is 0 Å². The number of hydrogen-bond donors (Lipinski definition) is 2. The van der Waals surface area contributed by atoms with Gasteiger partial charge in [0.1, 0.15) is 0 Å². The SMILES string of the molecule is CCC(N)(CC)CNC(=O)COc1ccccc1F.Cl. The number of carbonyl (C=O) groups excluding carboxylic acids is 1. The largest absolute Gasteiger partial charge is 0.481 e. The van der Waals surface area contributed by atoms with Gasteiger partial charge < -0.3 is 15.8 Å². The summed E-state index contributed by atoms with van der Waals surface area (Å²) in [6.07, 6.45) is 1.55. The molecule has 0 heterocycles. The smallest absolute Gasteiger partial charge is 0.258 e. The molecule has 114 valence electrons. The van der Waals surface area contributed by atoms with E-state index in [9.17, 15) is 9.18 Å². The maximum atomic E-state index is 13.2. The minimum absolute atomic E-state index is 0.